The summed E-state index contributed by atoms with van der Waals surface area (Å²) < 4.78 is 2.00. The first-order chi connectivity index (χ1) is 10.1. The number of fused-ring (bicyclic) bond motifs is 1. The van der Waals surface area contributed by atoms with Gasteiger partial charge in [-0.2, -0.15) is 0 Å². The largest absolute Gasteiger partial charge is 0.345 e. The van der Waals surface area contributed by atoms with Crippen LogP contribution in [0.15, 0.2) is 48.8 Å². The molecule has 0 fully saturated rings. The zero-order valence-electron chi connectivity index (χ0n) is 12.4. The van der Waals surface area contributed by atoms with Crippen molar-refractivity contribution in [3.8, 4) is 5.69 Å². The molecule has 1 aromatic heterocycles. The fraction of sp³-hybridized carbons (Fsp3) is 0.176. The Labute approximate surface area is 123 Å². The van der Waals surface area contributed by atoms with Crippen LogP contribution in [0.25, 0.3) is 16.7 Å². The molecule has 0 spiro atoms. The van der Waals surface area contributed by atoms with E-state index in [4.69, 9.17) is 0 Å². The Morgan fingerprint density at radius 2 is 1.95 bits per heavy atom. The zero-order chi connectivity index (χ0) is 15.0. The van der Waals surface area contributed by atoms with E-state index < -0.39 is 0 Å². The Morgan fingerprint density at radius 3 is 2.71 bits per heavy atom. The van der Waals surface area contributed by atoms with Crippen LogP contribution in [0, 0.1) is 6.92 Å². The molecule has 1 amide bonds. The Balaban J connectivity index is 2.11. The predicted octanol–water partition coefficient (Wildman–Crippen LogP) is 3.04. The Kier molecular flexibility index (Phi) is 3.22. The number of carbonyl (C=O) groups excluding carboxylic acids is 1. The van der Waals surface area contributed by atoms with Crippen molar-refractivity contribution in [2.75, 3.05) is 14.1 Å². The number of hydrogen-bond acceptors (Lipinski definition) is 2. The lowest BCUT2D eigenvalue weighted by Crippen LogP contribution is -2.21. The highest BCUT2D eigenvalue weighted by molar-refractivity contribution is 5.94. The number of nitrogens with zero attached hydrogens (tertiary/aromatic N) is 3. The lowest BCUT2D eigenvalue weighted by molar-refractivity contribution is 0.0827. The van der Waals surface area contributed by atoms with Crippen LogP contribution in [0.5, 0.6) is 0 Å². The van der Waals surface area contributed by atoms with Crippen LogP contribution in [0.2, 0.25) is 0 Å². The molecule has 4 nitrogen and oxygen atoms in total. The summed E-state index contributed by atoms with van der Waals surface area (Å²) in [7, 11) is 3.51. The van der Waals surface area contributed by atoms with Crippen molar-refractivity contribution >= 4 is 16.9 Å². The second-order valence-corrected chi connectivity index (χ2v) is 5.36. The number of imidazole rings is 1. The van der Waals surface area contributed by atoms with Crippen LogP contribution < -0.4 is 0 Å². The van der Waals surface area contributed by atoms with Crippen molar-refractivity contribution in [3.63, 3.8) is 0 Å². The molecule has 0 unspecified atom stereocenters. The quantitative estimate of drug-likeness (QED) is 0.723. The van der Waals surface area contributed by atoms with E-state index in [0.29, 0.717) is 5.56 Å². The zero-order valence-corrected chi connectivity index (χ0v) is 12.4. The van der Waals surface area contributed by atoms with Crippen LogP contribution in [-0.4, -0.2) is 34.5 Å². The summed E-state index contributed by atoms with van der Waals surface area (Å²) in [5.74, 6) is -0.00267. The normalized spacial score (nSPS) is 10.8. The molecule has 2 aromatic carbocycles. The third-order valence-corrected chi connectivity index (χ3v) is 3.48. The molecule has 0 saturated heterocycles. The van der Waals surface area contributed by atoms with Crippen LogP contribution >= 0.6 is 0 Å². The third-order valence-electron chi connectivity index (χ3n) is 3.48. The highest BCUT2D eigenvalue weighted by Crippen LogP contribution is 2.20. The summed E-state index contributed by atoms with van der Waals surface area (Å²) in [5.41, 5.74) is 4.79. The van der Waals surface area contributed by atoms with Crippen molar-refractivity contribution in [1.82, 2.24) is 14.5 Å². The van der Waals surface area contributed by atoms with Crippen LogP contribution in [0.3, 0.4) is 0 Å². The van der Waals surface area contributed by atoms with Crippen LogP contribution in [-0.2, 0) is 0 Å². The molecule has 0 bridgehead atoms. The van der Waals surface area contributed by atoms with Gasteiger partial charge in [-0.25, -0.2) is 4.98 Å². The summed E-state index contributed by atoms with van der Waals surface area (Å²) in [4.78, 5) is 18.1. The minimum absolute atomic E-state index is 0.00267. The van der Waals surface area contributed by atoms with Gasteiger partial charge in [0.15, 0.2) is 0 Å². The average Bonchev–Trinajstić information content (AvgIpc) is 2.89. The van der Waals surface area contributed by atoms with Gasteiger partial charge in [0, 0.05) is 25.3 Å². The van der Waals surface area contributed by atoms with Gasteiger partial charge in [0.2, 0.25) is 0 Å². The maximum atomic E-state index is 12.1. The van der Waals surface area contributed by atoms with Gasteiger partial charge in [0.1, 0.15) is 6.33 Å². The Morgan fingerprint density at radius 1 is 1.14 bits per heavy atom. The van der Waals surface area contributed by atoms with Gasteiger partial charge in [-0.1, -0.05) is 12.1 Å². The predicted molar refractivity (Wildman–Crippen MR) is 83.8 cm³/mol. The molecule has 0 atom stereocenters. The molecule has 0 radical (unpaired) electrons. The average molecular weight is 279 g/mol. The van der Waals surface area contributed by atoms with E-state index in [1.165, 1.54) is 5.56 Å². The highest BCUT2D eigenvalue weighted by atomic mass is 16.2. The molecule has 1 heterocycles. The Hall–Kier alpha value is -2.62. The number of aryl methyl sites for hydroxylation is 1. The molecule has 21 heavy (non-hydrogen) atoms. The number of amides is 1. The van der Waals surface area contributed by atoms with E-state index in [1.54, 1.807) is 25.3 Å². The minimum Gasteiger partial charge on any atom is -0.345 e. The van der Waals surface area contributed by atoms with Crippen LogP contribution in [0.1, 0.15) is 15.9 Å². The molecular formula is C17H17N3O. The van der Waals surface area contributed by atoms with Crippen LogP contribution in [0.4, 0.5) is 0 Å². The van der Waals surface area contributed by atoms with E-state index in [1.807, 2.05) is 28.8 Å². The fourth-order valence-corrected chi connectivity index (χ4v) is 2.38. The van der Waals surface area contributed by atoms with E-state index in [2.05, 4.69) is 30.1 Å². The summed E-state index contributed by atoms with van der Waals surface area (Å²) in [6, 6.07) is 13.8. The van der Waals surface area contributed by atoms with Gasteiger partial charge in [-0.3, -0.25) is 9.36 Å². The first-order valence-electron chi connectivity index (χ1n) is 6.82. The van der Waals surface area contributed by atoms with Crippen molar-refractivity contribution in [2.24, 2.45) is 0 Å². The first kappa shape index (κ1) is 13.4. The number of aromatic nitrogens is 2. The third kappa shape index (κ3) is 2.40. The SMILES string of the molecule is Cc1ccc2c(c1)ncn2-c1cccc(C(=O)N(C)C)c1. The summed E-state index contributed by atoms with van der Waals surface area (Å²) >= 11 is 0. The molecular weight excluding hydrogens is 262 g/mol. The molecule has 3 aromatic rings. The molecule has 4 heteroatoms. The van der Waals surface area contributed by atoms with Crippen molar-refractivity contribution < 1.29 is 4.79 Å². The monoisotopic (exact) mass is 279 g/mol. The second-order valence-electron chi connectivity index (χ2n) is 5.36. The maximum Gasteiger partial charge on any atom is 0.253 e. The summed E-state index contributed by atoms with van der Waals surface area (Å²) in [5, 5.41) is 0. The topological polar surface area (TPSA) is 38.1 Å². The van der Waals surface area contributed by atoms with Gasteiger partial charge in [-0.05, 0) is 42.8 Å². The lowest BCUT2D eigenvalue weighted by atomic mass is 10.1. The minimum atomic E-state index is -0.00267. The number of benzene rings is 2. The lowest BCUT2D eigenvalue weighted by Gasteiger charge is -2.11. The van der Waals surface area contributed by atoms with Crippen molar-refractivity contribution in [2.45, 2.75) is 6.92 Å². The number of hydrogen-bond donors (Lipinski definition) is 0. The standard InChI is InChI=1S/C17H17N3O/c1-12-7-8-16-15(9-12)18-11-20(16)14-6-4-5-13(10-14)17(21)19(2)3/h4-11H,1-3H3. The highest BCUT2D eigenvalue weighted by Gasteiger charge is 2.10. The molecule has 3 rings (SSSR count). The van der Waals surface area contributed by atoms with Crippen molar-refractivity contribution in [1.29, 1.82) is 0 Å². The number of rotatable bonds is 2. The van der Waals surface area contributed by atoms with E-state index in [9.17, 15) is 4.79 Å². The Bertz CT molecular complexity index is 818. The maximum absolute atomic E-state index is 12.1. The van der Waals surface area contributed by atoms with Gasteiger partial charge in [0.05, 0.1) is 11.0 Å². The first-order valence-corrected chi connectivity index (χ1v) is 6.82. The van der Waals surface area contributed by atoms with Gasteiger partial charge in [0.25, 0.3) is 5.91 Å². The molecule has 0 aliphatic heterocycles. The van der Waals surface area contributed by atoms with E-state index in [0.717, 1.165) is 16.7 Å². The van der Waals surface area contributed by atoms with Gasteiger partial charge < -0.3 is 4.90 Å². The van der Waals surface area contributed by atoms with E-state index in [-0.39, 0.29) is 5.91 Å². The van der Waals surface area contributed by atoms with E-state index >= 15 is 0 Å². The second kappa shape index (κ2) is 5.05. The molecule has 0 N–H and O–H groups in total. The fourth-order valence-electron chi connectivity index (χ4n) is 2.38. The van der Waals surface area contributed by atoms with Gasteiger partial charge >= 0.3 is 0 Å². The van der Waals surface area contributed by atoms with Gasteiger partial charge in [-0.15, -0.1) is 0 Å². The molecule has 0 aliphatic rings. The summed E-state index contributed by atoms with van der Waals surface area (Å²) in [6.45, 7) is 2.05. The van der Waals surface area contributed by atoms with Crippen molar-refractivity contribution in [3.05, 3.63) is 59.9 Å². The smallest absolute Gasteiger partial charge is 0.253 e. The summed E-state index contributed by atoms with van der Waals surface area (Å²) in [6.07, 6.45) is 1.79. The molecule has 0 aliphatic carbocycles. The molecule has 106 valence electrons. The number of carbonyl (C=O) groups is 1. The molecule has 0 saturated carbocycles.